The van der Waals surface area contributed by atoms with Gasteiger partial charge in [-0.2, -0.15) is 0 Å². The van der Waals surface area contributed by atoms with Crippen LogP contribution in [-0.2, 0) is 31.9 Å². The molecule has 0 unspecified atom stereocenters. The maximum absolute atomic E-state index is 7.21. The minimum atomic E-state index is -0.573. The fraction of sp³-hybridized carbons (Fsp3) is 0.742. The quantitative estimate of drug-likeness (QED) is 0.195. The number of rotatable bonds is 3. The summed E-state index contributed by atoms with van der Waals surface area (Å²) >= 11 is 0. The first kappa shape index (κ1) is 45.4. The van der Waals surface area contributed by atoms with Gasteiger partial charge in [-0.25, -0.2) is 10.2 Å². The third-order valence-electron chi connectivity index (χ3n) is 7.29. The van der Waals surface area contributed by atoms with Crippen LogP contribution in [0.1, 0.15) is 103 Å². The monoisotopic (exact) mass is 610 g/mol. The molecule has 0 amide bonds. The van der Waals surface area contributed by atoms with E-state index in [1.807, 2.05) is 20.3 Å². The molecule has 0 spiro atoms. The molecule has 1 aromatic heterocycles. The fourth-order valence-electron chi connectivity index (χ4n) is 4.67. The summed E-state index contributed by atoms with van der Waals surface area (Å²) < 4.78 is 2.26. The van der Waals surface area contributed by atoms with E-state index in [2.05, 4.69) is 108 Å². The molecule has 1 aliphatic rings. The van der Waals surface area contributed by atoms with E-state index in [9.17, 15) is 0 Å². The average Bonchev–Trinajstić information content (AvgIpc) is 3.14. The van der Waals surface area contributed by atoms with Crippen molar-refractivity contribution in [2.45, 2.75) is 114 Å². The number of nitrogens with zero attached hydrogens (tertiary/aromatic N) is 3. The van der Waals surface area contributed by atoms with E-state index in [-0.39, 0.29) is 39.7 Å². The molecule has 1 saturated carbocycles. The normalized spacial score (nSPS) is 22.2. The molecule has 1 fully saturated rings. The van der Waals surface area contributed by atoms with Gasteiger partial charge in [0.2, 0.25) is 0 Å². The van der Waals surface area contributed by atoms with Crippen molar-refractivity contribution in [2.24, 2.45) is 36.6 Å². The number of aromatic nitrogens is 2. The third kappa shape index (κ3) is 14.4. The molecule has 1 aromatic rings. The van der Waals surface area contributed by atoms with E-state index < -0.39 is 7.92 Å². The van der Waals surface area contributed by atoms with Crippen LogP contribution in [-0.4, -0.2) is 20.9 Å². The van der Waals surface area contributed by atoms with E-state index in [1.165, 1.54) is 17.3 Å². The number of imidazole rings is 1. The Hall–Kier alpha value is -0.507. The van der Waals surface area contributed by atoms with Gasteiger partial charge in [0.05, 0.1) is 45.2 Å². The van der Waals surface area contributed by atoms with Gasteiger partial charge in [0.1, 0.15) is 0 Å². The Bertz CT molecular complexity index is 632. The van der Waals surface area contributed by atoms with E-state index in [4.69, 9.17) is 10.2 Å². The molecule has 0 bridgehead atoms. The van der Waals surface area contributed by atoms with E-state index in [0.29, 0.717) is 0 Å². The van der Waals surface area contributed by atoms with Crippen LogP contribution in [0.2, 0.25) is 0 Å². The van der Waals surface area contributed by atoms with Crippen molar-refractivity contribution in [3.8, 4) is 6.07 Å². The van der Waals surface area contributed by atoms with Gasteiger partial charge in [0.15, 0.2) is 0 Å². The second-order valence-electron chi connectivity index (χ2n) is 11.6. The fourth-order valence-corrected chi connectivity index (χ4v) is 7.76. The number of aryl methyl sites for hydroxylation is 1. The van der Waals surface area contributed by atoms with E-state index in [1.54, 1.807) is 0 Å². The van der Waals surface area contributed by atoms with Crippen LogP contribution in [0.15, 0.2) is 6.20 Å². The Morgan fingerprint density at radius 2 is 1.17 bits per heavy atom. The van der Waals surface area contributed by atoms with Crippen molar-refractivity contribution in [1.29, 1.82) is 5.26 Å². The summed E-state index contributed by atoms with van der Waals surface area (Å²) in [6.07, 6.45) is 4.21. The third-order valence-corrected chi connectivity index (χ3v) is 10.8. The Morgan fingerprint density at radius 1 is 0.917 bits per heavy atom. The van der Waals surface area contributed by atoms with Crippen LogP contribution in [0.5, 0.6) is 0 Å². The van der Waals surface area contributed by atoms with Crippen molar-refractivity contribution < 1.29 is 19.5 Å². The Balaban J connectivity index is -0.000000145. The first-order chi connectivity index (χ1) is 15.0. The summed E-state index contributed by atoms with van der Waals surface area (Å²) in [6.45, 7) is 34.8. The molecule has 0 atom stereocenters. The molecule has 1 aliphatic carbocycles. The molecule has 2 rings (SSSR count). The van der Waals surface area contributed by atoms with Crippen LogP contribution in [0, 0.1) is 69.1 Å². The smallest absolute Gasteiger partial charge is 0.358 e. The predicted molar refractivity (Wildman–Crippen MR) is 165 cm³/mol. The first-order valence-electron chi connectivity index (χ1n) is 12.8. The zero-order chi connectivity index (χ0) is 26.7. The SMILES string of the molecule is CC(C)[PH+](c1nc(C(C)(C)C)cn1C)C(C)C.CC1C(C)C(C)C(C)C1C.C[CH+]C.[CH2-]C#N.[CH3-].[CH3-].[Ru+2]. The second-order valence-corrected chi connectivity index (χ2v) is 15.3. The average molecular weight is 610 g/mol. The molecule has 0 N–H and O–H groups in total. The molecule has 0 aliphatic heterocycles. The molecule has 214 valence electrons. The van der Waals surface area contributed by atoms with Gasteiger partial charge in [-0.05, 0) is 57.3 Å². The Morgan fingerprint density at radius 3 is 1.33 bits per heavy atom. The number of hydrogen-bond acceptors (Lipinski definition) is 2. The number of hydrogen-bond donors (Lipinski definition) is 0. The topological polar surface area (TPSA) is 41.6 Å². The molecule has 1 heterocycles. The van der Waals surface area contributed by atoms with Crippen molar-refractivity contribution in [1.82, 2.24) is 9.55 Å². The van der Waals surface area contributed by atoms with Crippen molar-refractivity contribution in [3.63, 3.8) is 0 Å². The zero-order valence-corrected chi connectivity index (χ0v) is 29.8. The van der Waals surface area contributed by atoms with Crippen molar-refractivity contribution in [2.75, 3.05) is 0 Å². The molecular weight excluding hydrogens is 546 g/mol. The van der Waals surface area contributed by atoms with Crippen molar-refractivity contribution in [3.05, 3.63) is 40.1 Å². The maximum atomic E-state index is 7.21. The maximum Gasteiger partial charge on any atom is 2.00 e. The van der Waals surface area contributed by atoms with Gasteiger partial charge in [0.25, 0.3) is 5.57 Å². The molecular formula is C31H63N3PRu+. The van der Waals surface area contributed by atoms with Gasteiger partial charge in [-0.15, -0.1) is 6.07 Å². The summed E-state index contributed by atoms with van der Waals surface area (Å²) in [5, 5.41) is 7.21. The molecule has 0 aromatic carbocycles. The molecule has 5 heteroatoms. The van der Waals surface area contributed by atoms with Crippen LogP contribution in [0.4, 0.5) is 0 Å². The summed E-state index contributed by atoms with van der Waals surface area (Å²) in [5.41, 5.74) is 4.17. The summed E-state index contributed by atoms with van der Waals surface area (Å²) in [4.78, 5) is 4.93. The Kier molecular flexibility index (Phi) is 27.0. The van der Waals surface area contributed by atoms with Crippen LogP contribution < -0.4 is 5.57 Å². The summed E-state index contributed by atoms with van der Waals surface area (Å²) in [7, 11) is 1.57. The molecule has 36 heavy (non-hydrogen) atoms. The molecule has 3 nitrogen and oxygen atoms in total. The summed E-state index contributed by atoms with van der Waals surface area (Å²) in [6, 6.07) is 1.50. The van der Waals surface area contributed by atoms with E-state index in [0.717, 1.165) is 40.9 Å². The van der Waals surface area contributed by atoms with Gasteiger partial charge in [0, 0.05) is 18.7 Å². The minimum absolute atomic E-state index is 0. The van der Waals surface area contributed by atoms with Crippen LogP contribution >= 0.6 is 7.92 Å². The van der Waals surface area contributed by atoms with Gasteiger partial charge < -0.3 is 26.3 Å². The molecule has 0 radical (unpaired) electrons. The minimum Gasteiger partial charge on any atom is -0.358 e. The zero-order valence-electron chi connectivity index (χ0n) is 27.1. The van der Waals surface area contributed by atoms with Gasteiger partial charge in [-0.3, -0.25) is 0 Å². The largest absolute Gasteiger partial charge is 2.00 e. The van der Waals surface area contributed by atoms with Gasteiger partial charge >= 0.3 is 19.5 Å². The first-order valence-corrected chi connectivity index (χ1v) is 14.5. The van der Waals surface area contributed by atoms with Gasteiger partial charge in [-0.1, -0.05) is 55.4 Å². The second kappa shape index (κ2) is 21.4. The standard InChI is InChI=1S/C14H27N2P.C10H20.C3H7.C2H2N.2CH3.Ru/c1-10(2)17(11(3)4)13-15-12(9-16(13)8)14(5,6)7;1-6-7(2)9(4)10(5)8(6)3;1-3-2;1-2-3;;;/h9-11H,1-8H3;6-10H,1-5H3;3H,1-2H3;1H2;2*1H3;/q;;+1;3*-1;+2/p+1. The Labute approximate surface area is 243 Å². The van der Waals surface area contributed by atoms with E-state index >= 15 is 0 Å². The summed E-state index contributed by atoms with van der Waals surface area (Å²) in [5.74, 6) is 4.68. The number of nitriles is 1. The molecule has 0 saturated heterocycles. The van der Waals surface area contributed by atoms with Crippen LogP contribution in [0.25, 0.3) is 0 Å². The van der Waals surface area contributed by atoms with Crippen molar-refractivity contribution >= 4 is 13.5 Å². The van der Waals surface area contributed by atoms with Crippen LogP contribution in [0.3, 0.4) is 0 Å². The predicted octanol–water partition coefficient (Wildman–Crippen LogP) is 9.03.